The molecule has 136 valence electrons. The Morgan fingerprint density at radius 2 is 2.04 bits per heavy atom. The van der Waals surface area contributed by atoms with Crippen molar-refractivity contribution < 1.29 is 9.53 Å². The van der Waals surface area contributed by atoms with Crippen LogP contribution in [0.1, 0.15) is 79.6 Å². The predicted molar refractivity (Wildman–Crippen MR) is 101 cm³/mol. The lowest BCUT2D eigenvalue weighted by molar-refractivity contribution is -0.152. The third-order valence-corrected chi connectivity index (χ3v) is 7.07. The van der Waals surface area contributed by atoms with E-state index in [9.17, 15) is 4.79 Å². The van der Waals surface area contributed by atoms with E-state index in [4.69, 9.17) is 4.74 Å². The van der Waals surface area contributed by atoms with Crippen molar-refractivity contribution in [2.45, 2.75) is 79.6 Å². The zero-order valence-corrected chi connectivity index (χ0v) is 16.4. The molecule has 2 rings (SSSR count). The zero-order valence-electron chi connectivity index (χ0n) is 16.4. The van der Waals surface area contributed by atoms with Crippen LogP contribution in [0.2, 0.25) is 0 Å². The van der Waals surface area contributed by atoms with Gasteiger partial charge in [0.1, 0.15) is 0 Å². The fraction of sp³-hybridized carbons (Fsp3) is 0.773. The van der Waals surface area contributed by atoms with Gasteiger partial charge in [0.05, 0.1) is 6.61 Å². The minimum Gasteiger partial charge on any atom is -0.465 e. The first-order chi connectivity index (χ1) is 11.2. The molecule has 0 bridgehead atoms. The van der Waals surface area contributed by atoms with Gasteiger partial charge in [-0.25, -0.2) is 0 Å². The minimum atomic E-state index is -0.149. The van der Waals surface area contributed by atoms with Gasteiger partial charge in [-0.05, 0) is 69.6 Å². The van der Waals surface area contributed by atoms with Gasteiger partial charge < -0.3 is 4.74 Å². The van der Waals surface area contributed by atoms with Crippen molar-refractivity contribution in [3.63, 3.8) is 0 Å². The van der Waals surface area contributed by atoms with E-state index < -0.39 is 0 Å². The fourth-order valence-corrected chi connectivity index (χ4v) is 5.57. The van der Waals surface area contributed by atoms with E-state index in [1.807, 2.05) is 0 Å². The first kappa shape index (κ1) is 19.3. The Balaban J connectivity index is 2.22. The summed E-state index contributed by atoms with van der Waals surface area (Å²) >= 11 is 0. The molecule has 0 heterocycles. The maximum atomic E-state index is 11.4. The molecular formula is C22H36O2. The summed E-state index contributed by atoms with van der Waals surface area (Å²) < 4.78 is 5.49. The number of hydrogen-bond donors (Lipinski definition) is 0. The predicted octanol–water partition coefficient (Wildman–Crippen LogP) is 6.07. The molecule has 0 aromatic heterocycles. The first-order valence-electron chi connectivity index (χ1n) is 9.66. The van der Waals surface area contributed by atoms with Gasteiger partial charge in [0.25, 0.3) is 0 Å². The van der Waals surface area contributed by atoms with Gasteiger partial charge in [-0.2, -0.15) is 0 Å². The number of rotatable bonds is 5. The summed E-state index contributed by atoms with van der Waals surface area (Å²) in [4.78, 5) is 11.4. The van der Waals surface area contributed by atoms with Crippen molar-refractivity contribution >= 4 is 5.97 Å². The van der Waals surface area contributed by atoms with Gasteiger partial charge in [0, 0.05) is 12.3 Å². The van der Waals surface area contributed by atoms with Crippen molar-refractivity contribution in [2.24, 2.45) is 22.7 Å². The summed E-state index contributed by atoms with van der Waals surface area (Å²) in [5.41, 5.74) is 3.35. The summed E-state index contributed by atoms with van der Waals surface area (Å²) in [6.45, 7) is 15.8. The maximum Gasteiger partial charge on any atom is 0.302 e. The average molecular weight is 333 g/mol. The molecule has 2 heteroatoms. The molecular weight excluding hydrogens is 296 g/mol. The Morgan fingerprint density at radius 1 is 1.33 bits per heavy atom. The molecule has 0 unspecified atom stereocenters. The van der Waals surface area contributed by atoms with Crippen LogP contribution in [0.3, 0.4) is 0 Å². The molecule has 0 radical (unpaired) electrons. The van der Waals surface area contributed by atoms with Crippen LogP contribution in [0.25, 0.3) is 0 Å². The van der Waals surface area contributed by atoms with Crippen molar-refractivity contribution in [2.75, 3.05) is 6.61 Å². The second-order valence-corrected chi connectivity index (χ2v) is 8.77. The number of allylic oxidation sites excluding steroid dienone is 3. The highest BCUT2D eigenvalue weighted by molar-refractivity contribution is 5.65. The molecule has 2 aliphatic rings. The van der Waals surface area contributed by atoms with E-state index in [0.29, 0.717) is 23.9 Å². The van der Waals surface area contributed by atoms with Crippen LogP contribution in [0.15, 0.2) is 23.8 Å². The largest absolute Gasteiger partial charge is 0.465 e. The van der Waals surface area contributed by atoms with Gasteiger partial charge >= 0.3 is 5.97 Å². The smallest absolute Gasteiger partial charge is 0.302 e. The Hall–Kier alpha value is -1.05. The SMILES string of the molecule is C=C1CC[C@H]2[C@@](C)(COC(C)=O)CCC[C@]2(C)[C@H]1CC/C(C)=C/C. The Morgan fingerprint density at radius 3 is 2.67 bits per heavy atom. The number of carbonyl (C=O) groups is 1. The fourth-order valence-electron chi connectivity index (χ4n) is 5.57. The number of hydrogen-bond acceptors (Lipinski definition) is 2. The average Bonchev–Trinajstić information content (AvgIpc) is 2.51. The molecule has 24 heavy (non-hydrogen) atoms. The van der Waals surface area contributed by atoms with E-state index >= 15 is 0 Å². The number of ether oxygens (including phenoxy) is 1. The molecule has 2 nitrogen and oxygen atoms in total. The Labute approximate surface area is 148 Å². The van der Waals surface area contributed by atoms with Crippen LogP contribution in [0.5, 0.6) is 0 Å². The van der Waals surface area contributed by atoms with Crippen LogP contribution in [-0.4, -0.2) is 12.6 Å². The Bertz CT molecular complexity index is 518. The minimum absolute atomic E-state index is 0.118. The highest BCUT2D eigenvalue weighted by atomic mass is 16.5. The van der Waals surface area contributed by atoms with Gasteiger partial charge in [-0.3, -0.25) is 4.79 Å². The van der Waals surface area contributed by atoms with Crippen LogP contribution in [-0.2, 0) is 9.53 Å². The van der Waals surface area contributed by atoms with E-state index in [1.54, 1.807) is 0 Å². The monoisotopic (exact) mass is 332 g/mol. The molecule has 0 aromatic rings. The highest BCUT2D eigenvalue weighted by Gasteiger charge is 2.54. The highest BCUT2D eigenvalue weighted by Crippen LogP contribution is 2.62. The summed E-state index contributed by atoms with van der Waals surface area (Å²) in [5, 5.41) is 0. The van der Waals surface area contributed by atoms with Crippen molar-refractivity contribution in [1.29, 1.82) is 0 Å². The standard InChI is InChI=1S/C22H36O2/c1-7-16(2)9-11-19-17(3)10-12-20-21(5,15-24-18(4)23)13-8-14-22(19,20)6/h7,19-20H,3,8-15H2,1-2,4-6H3/b16-7+/t19-,20-,21+,22+/m0/s1. The number of fused-ring (bicyclic) bond motifs is 1. The van der Waals surface area contributed by atoms with E-state index in [0.717, 1.165) is 6.42 Å². The lowest BCUT2D eigenvalue weighted by Crippen LogP contribution is -2.52. The second kappa shape index (κ2) is 7.45. The van der Waals surface area contributed by atoms with Gasteiger partial charge in [-0.15, -0.1) is 0 Å². The summed E-state index contributed by atoms with van der Waals surface area (Å²) in [5.74, 6) is 1.08. The van der Waals surface area contributed by atoms with E-state index in [2.05, 4.69) is 40.3 Å². The number of carbonyl (C=O) groups excluding carboxylic acids is 1. The second-order valence-electron chi connectivity index (χ2n) is 8.77. The normalized spacial score (nSPS) is 37.0. The van der Waals surface area contributed by atoms with Gasteiger partial charge in [0.2, 0.25) is 0 Å². The quantitative estimate of drug-likeness (QED) is 0.451. The van der Waals surface area contributed by atoms with Crippen molar-refractivity contribution in [3.8, 4) is 0 Å². The van der Waals surface area contributed by atoms with Crippen molar-refractivity contribution in [1.82, 2.24) is 0 Å². The molecule has 2 saturated carbocycles. The van der Waals surface area contributed by atoms with Crippen LogP contribution >= 0.6 is 0 Å². The Kier molecular flexibility index (Phi) is 5.99. The number of esters is 1. The third kappa shape index (κ3) is 3.78. The van der Waals surface area contributed by atoms with Crippen LogP contribution in [0.4, 0.5) is 0 Å². The van der Waals surface area contributed by atoms with Gasteiger partial charge in [-0.1, -0.05) is 44.1 Å². The topological polar surface area (TPSA) is 26.3 Å². The molecule has 0 saturated heterocycles. The van der Waals surface area contributed by atoms with Gasteiger partial charge in [0.15, 0.2) is 0 Å². The maximum absolute atomic E-state index is 11.4. The molecule has 4 atom stereocenters. The zero-order chi connectivity index (χ0) is 18.0. The first-order valence-corrected chi connectivity index (χ1v) is 9.66. The summed E-state index contributed by atoms with van der Waals surface area (Å²) in [6, 6.07) is 0. The van der Waals surface area contributed by atoms with Crippen LogP contribution in [0, 0.1) is 22.7 Å². The van der Waals surface area contributed by atoms with E-state index in [-0.39, 0.29) is 11.4 Å². The molecule has 0 spiro atoms. The van der Waals surface area contributed by atoms with Crippen molar-refractivity contribution in [3.05, 3.63) is 23.8 Å². The molecule has 0 N–H and O–H groups in total. The molecule has 0 aromatic carbocycles. The lowest BCUT2D eigenvalue weighted by atomic mass is 9.47. The third-order valence-electron chi connectivity index (χ3n) is 7.07. The van der Waals surface area contributed by atoms with Crippen LogP contribution < -0.4 is 0 Å². The summed E-state index contributed by atoms with van der Waals surface area (Å²) in [7, 11) is 0. The molecule has 0 aliphatic heterocycles. The van der Waals surface area contributed by atoms with E-state index in [1.165, 1.54) is 56.6 Å². The molecule has 2 aliphatic carbocycles. The lowest BCUT2D eigenvalue weighted by Gasteiger charge is -2.58. The summed E-state index contributed by atoms with van der Waals surface area (Å²) in [6.07, 6.45) is 10.6. The molecule has 0 amide bonds. The molecule has 2 fully saturated rings.